The molecule has 19 heavy (non-hydrogen) atoms. The van der Waals surface area contributed by atoms with E-state index in [0.717, 1.165) is 6.07 Å². The number of nitrogen functional groups attached to an aromatic ring is 1. The average molecular weight is 280 g/mol. The molecule has 1 amide bonds. The SMILES string of the molecule is CCOc1cscc1NC(=O)c1cc(F)ccc1N. The molecule has 4 nitrogen and oxygen atoms in total. The van der Waals surface area contributed by atoms with Crippen LogP contribution in [0.15, 0.2) is 29.0 Å². The lowest BCUT2D eigenvalue weighted by molar-refractivity contribution is 0.102. The van der Waals surface area contributed by atoms with Crippen LogP contribution in [0.3, 0.4) is 0 Å². The van der Waals surface area contributed by atoms with Gasteiger partial charge >= 0.3 is 0 Å². The van der Waals surface area contributed by atoms with Gasteiger partial charge in [0.25, 0.3) is 5.91 Å². The number of nitrogens with one attached hydrogen (secondary N) is 1. The van der Waals surface area contributed by atoms with Crippen LogP contribution in [0.2, 0.25) is 0 Å². The summed E-state index contributed by atoms with van der Waals surface area (Å²) in [6.07, 6.45) is 0. The summed E-state index contributed by atoms with van der Waals surface area (Å²) in [7, 11) is 0. The number of carbonyl (C=O) groups is 1. The van der Waals surface area contributed by atoms with Crippen molar-refractivity contribution in [2.45, 2.75) is 6.92 Å². The van der Waals surface area contributed by atoms with Crippen molar-refractivity contribution >= 4 is 28.6 Å². The topological polar surface area (TPSA) is 64.3 Å². The van der Waals surface area contributed by atoms with Crippen LogP contribution in [0, 0.1) is 5.82 Å². The summed E-state index contributed by atoms with van der Waals surface area (Å²) in [5, 5.41) is 6.19. The van der Waals surface area contributed by atoms with Gasteiger partial charge in [-0.3, -0.25) is 4.79 Å². The number of rotatable bonds is 4. The Bertz CT molecular complexity index is 598. The normalized spacial score (nSPS) is 10.2. The smallest absolute Gasteiger partial charge is 0.257 e. The molecule has 0 aliphatic rings. The molecular weight excluding hydrogens is 267 g/mol. The van der Waals surface area contributed by atoms with Crippen LogP contribution in [0.5, 0.6) is 5.75 Å². The van der Waals surface area contributed by atoms with Crippen molar-refractivity contribution in [2.24, 2.45) is 0 Å². The fourth-order valence-electron chi connectivity index (χ4n) is 1.56. The Morgan fingerprint density at radius 2 is 2.26 bits per heavy atom. The number of halogens is 1. The highest BCUT2D eigenvalue weighted by molar-refractivity contribution is 7.08. The van der Waals surface area contributed by atoms with Gasteiger partial charge in [0.2, 0.25) is 0 Å². The Hall–Kier alpha value is -2.08. The number of benzene rings is 1. The standard InChI is InChI=1S/C13H13FN2O2S/c1-2-18-12-7-19-6-11(12)16-13(17)9-5-8(14)3-4-10(9)15/h3-7H,2,15H2,1H3,(H,16,17). The molecule has 0 radical (unpaired) electrons. The number of thiophene rings is 1. The Kier molecular flexibility index (Phi) is 4.01. The summed E-state index contributed by atoms with van der Waals surface area (Å²) in [5.74, 6) is -0.373. The van der Waals surface area contributed by atoms with Gasteiger partial charge in [-0.1, -0.05) is 0 Å². The fourth-order valence-corrected chi connectivity index (χ4v) is 2.26. The molecule has 0 fully saturated rings. The molecule has 2 rings (SSSR count). The minimum absolute atomic E-state index is 0.105. The van der Waals surface area contributed by atoms with Crippen LogP contribution in [0.25, 0.3) is 0 Å². The van der Waals surface area contributed by atoms with Gasteiger partial charge in [-0.05, 0) is 25.1 Å². The summed E-state index contributed by atoms with van der Waals surface area (Å²) in [6, 6.07) is 3.68. The maximum Gasteiger partial charge on any atom is 0.257 e. The van der Waals surface area contributed by atoms with E-state index in [1.54, 1.807) is 10.8 Å². The van der Waals surface area contributed by atoms with Gasteiger partial charge in [-0.25, -0.2) is 4.39 Å². The maximum atomic E-state index is 13.1. The molecule has 1 heterocycles. The molecule has 0 aliphatic carbocycles. The van der Waals surface area contributed by atoms with Crippen LogP contribution in [0.4, 0.5) is 15.8 Å². The molecule has 6 heteroatoms. The molecule has 0 atom stereocenters. The van der Waals surface area contributed by atoms with E-state index in [1.165, 1.54) is 23.5 Å². The van der Waals surface area contributed by atoms with E-state index in [1.807, 2.05) is 6.92 Å². The predicted molar refractivity (Wildman–Crippen MR) is 74.3 cm³/mol. The predicted octanol–water partition coefficient (Wildman–Crippen LogP) is 3.12. The van der Waals surface area contributed by atoms with Gasteiger partial charge in [0, 0.05) is 16.4 Å². The maximum absolute atomic E-state index is 13.1. The van der Waals surface area contributed by atoms with E-state index in [2.05, 4.69) is 5.32 Å². The van der Waals surface area contributed by atoms with Crippen molar-refractivity contribution < 1.29 is 13.9 Å². The zero-order valence-electron chi connectivity index (χ0n) is 10.3. The first kappa shape index (κ1) is 13.4. The molecule has 1 aromatic carbocycles. The first-order valence-corrected chi connectivity index (χ1v) is 6.61. The highest BCUT2D eigenvalue weighted by Gasteiger charge is 2.14. The molecule has 0 saturated carbocycles. The van der Waals surface area contributed by atoms with E-state index >= 15 is 0 Å². The van der Waals surface area contributed by atoms with E-state index in [9.17, 15) is 9.18 Å². The first-order valence-electron chi connectivity index (χ1n) is 5.67. The molecule has 100 valence electrons. The molecule has 3 N–H and O–H groups in total. The number of ether oxygens (including phenoxy) is 1. The Morgan fingerprint density at radius 1 is 1.47 bits per heavy atom. The second-order valence-corrected chi connectivity index (χ2v) is 4.51. The van der Waals surface area contributed by atoms with Gasteiger partial charge in [0.15, 0.2) is 5.75 Å². The fraction of sp³-hybridized carbons (Fsp3) is 0.154. The third-order valence-electron chi connectivity index (χ3n) is 2.43. The van der Waals surface area contributed by atoms with Crippen LogP contribution in [0.1, 0.15) is 17.3 Å². The second-order valence-electron chi connectivity index (χ2n) is 3.77. The minimum Gasteiger partial charge on any atom is -0.491 e. The van der Waals surface area contributed by atoms with Crippen molar-refractivity contribution in [2.75, 3.05) is 17.7 Å². The highest BCUT2D eigenvalue weighted by Crippen LogP contribution is 2.29. The number of carbonyl (C=O) groups excluding carboxylic acids is 1. The highest BCUT2D eigenvalue weighted by atomic mass is 32.1. The molecule has 1 aromatic heterocycles. The lowest BCUT2D eigenvalue weighted by atomic mass is 10.1. The monoisotopic (exact) mass is 280 g/mol. The van der Waals surface area contributed by atoms with Gasteiger partial charge < -0.3 is 15.8 Å². The number of hydrogen-bond acceptors (Lipinski definition) is 4. The lowest BCUT2D eigenvalue weighted by Crippen LogP contribution is -2.14. The summed E-state index contributed by atoms with van der Waals surface area (Å²) < 4.78 is 18.5. The summed E-state index contributed by atoms with van der Waals surface area (Å²) in [4.78, 5) is 12.0. The van der Waals surface area contributed by atoms with Gasteiger partial charge in [-0.15, -0.1) is 11.3 Å². The van der Waals surface area contributed by atoms with Gasteiger partial charge in [-0.2, -0.15) is 0 Å². The second kappa shape index (κ2) is 5.71. The Morgan fingerprint density at radius 3 is 3.00 bits per heavy atom. The zero-order valence-corrected chi connectivity index (χ0v) is 11.1. The van der Waals surface area contributed by atoms with Gasteiger partial charge in [0.1, 0.15) is 5.82 Å². The van der Waals surface area contributed by atoms with Crippen molar-refractivity contribution in [3.63, 3.8) is 0 Å². The molecule has 0 aliphatic heterocycles. The third kappa shape index (κ3) is 3.03. The van der Waals surface area contributed by atoms with Crippen LogP contribution >= 0.6 is 11.3 Å². The number of nitrogens with two attached hydrogens (primary N) is 1. The number of amides is 1. The van der Waals surface area contributed by atoms with Crippen molar-refractivity contribution in [1.82, 2.24) is 0 Å². The molecule has 2 aromatic rings. The lowest BCUT2D eigenvalue weighted by Gasteiger charge is -2.08. The van der Waals surface area contributed by atoms with Crippen molar-refractivity contribution in [1.29, 1.82) is 0 Å². The van der Waals surface area contributed by atoms with Crippen LogP contribution in [-0.2, 0) is 0 Å². The first-order chi connectivity index (χ1) is 9.11. The van der Waals surface area contributed by atoms with Crippen molar-refractivity contribution in [3.05, 3.63) is 40.3 Å². The quantitative estimate of drug-likeness (QED) is 0.846. The van der Waals surface area contributed by atoms with Crippen LogP contribution in [-0.4, -0.2) is 12.5 Å². The Labute approximate surface area is 114 Å². The molecule has 0 unspecified atom stereocenters. The molecule has 0 bridgehead atoms. The summed E-state index contributed by atoms with van der Waals surface area (Å²) in [6.45, 7) is 2.36. The number of hydrogen-bond donors (Lipinski definition) is 2. The number of anilines is 2. The van der Waals surface area contributed by atoms with Crippen LogP contribution < -0.4 is 15.8 Å². The molecule has 0 spiro atoms. The van der Waals surface area contributed by atoms with E-state index in [-0.39, 0.29) is 11.3 Å². The van der Waals surface area contributed by atoms with E-state index < -0.39 is 11.7 Å². The molecule has 0 saturated heterocycles. The van der Waals surface area contributed by atoms with Gasteiger partial charge in [0.05, 0.1) is 17.9 Å². The summed E-state index contributed by atoms with van der Waals surface area (Å²) in [5.41, 5.74) is 6.55. The van der Waals surface area contributed by atoms with E-state index in [4.69, 9.17) is 10.5 Å². The van der Waals surface area contributed by atoms with Crippen molar-refractivity contribution in [3.8, 4) is 5.75 Å². The minimum atomic E-state index is -0.505. The largest absolute Gasteiger partial charge is 0.491 e. The summed E-state index contributed by atoms with van der Waals surface area (Å²) >= 11 is 1.41. The third-order valence-corrected chi connectivity index (χ3v) is 3.16. The Balaban J connectivity index is 2.21. The molecular formula is C13H13FN2O2S. The zero-order chi connectivity index (χ0) is 13.8. The average Bonchev–Trinajstić information content (AvgIpc) is 2.80. The van der Waals surface area contributed by atoms with E-state index in [0.29, 0.717) is 18.0 Å².